The largest absolute Gasteiger partial charge is 0.497 e. The van der Waals surface area contributed by atoms with E-state index < -0.39 is 0 Å². The van der Waals surface area contributed by atoms with Gasteiger partial charge in [-0.1, -0.05) is 42.5 Å². The topological polar surface area (TPSA) is 38.8 Å². The first-order valence-corrected chi connectivity index (χ1v) is 9.77. The van der Waals surface area contributed by atoms with E-state index in [1.165, 1.54) is 11.1 Å². The lowest BCUT2D eigenvalue weighted by Crippen LogP contribution is -2.41. The zero-order valence-electron chi connectivity index (χ0n) is 16.1. The number of benzene rings is 2. The number of piperidine rings is 1. The first-order chi connectivity index (χ1) is 13.2. The van der Waals surface area contributed by atoms with Crippen molar-refractivity contribution in [3.8, 4) is 5.75 Å². The molecule has 4 nitrogen and oxygen atoms in total. The van der Waals surface area contributed by atoms with Gasteiger partial charge in [-0.2, -0.15) is 0 Å². The molecule has 0 saturated carbocycles. The summed E-state index contributed by atoms with van der Waals surface area (Å²) in [6.07, 6.45) is 3.53. The Bertz CT molecular complexity index is 699. The third-order valence-corrected chi connectivity index (χ3v) is 5.12. The smallest absolute Gasteiger partial charge is 0.222 e. The van der Waals surface area contributed by atoms with Gasteiger partial charge in [-0.05, 0) is 48.4 Å². The minimum atomic E-state index is 0.249. The predicted molar refractivity (Wildman–Crippen MR) is 107 cm³/mol. The molecular weight excluding hydrogens is 338 g/mol. The Hall–Kier alpha value is -2.33. The van der Waals surface area contributed by atoms with Crippen molar-refractivity contribution in [1.29, 1.82) is 0 Å². The molecule has 1 amide bonds. The van der Waals surface area contributed by atoms with Gasteiger partial charge in [0.1, 0.15) is 5.75 Å². The summed E-state index contributed by atoms with van der Waals surface area (Å²) in [5, 5.41) is 0. The van der Waals surface area contributed by atoms with Crippen molar-refractivity contribution in [2.75, 3.05) is 26.8 Å². The molecule has 0 unspecified atom stereocenters. The molecule has 4 heteroatoms. The van der Waals surface area contributed by atoms with Crippen LogP contribution in [0.15, 0.2) is 54.6 Å². The summed E-state index contributed by atoms with van der Waals surface area (Å²) in [6, 6.07) is 18.2. The van der Waals surface area contributed by atoms with Crippen LogP contribution in [0.25, 0.3) is 0 Å². The molecule has 0 spiro atoms. The summed E-state index contributed by atoms with van der Waals surface area (Å²) in [5.41, 5.74) is 2.37. The highest BCUT2D eigenvalue weighted by Crippen LogP contribution is 2.19. The Morgan fingerprint density at radius 1 is 1.07 bits per heavy atom. The zero-order chi connectivity index (χ0) is 18.9. The van der Waals surface area contributed by atoms with E-state index in [9.17, 15) is 4.79 Å². The van der Waals surface area contributed by atoms with Crippen LogP contribution in [0.4, 0.5) is 0 Å². The molecule has 0 radical (unpaired) electrons. The quantitative estimate of drug-likeness (QED) is 0.706. The average Bonchev–Trinajstić information content (AvgIpc) is 2.73. The second kappa shape index (κ2) is 10.1. The van der Waals surface area contributed by atoms with Crippen molar-refractivity contribution in [2.45, 2.75) is 32.3 Å². The minimum Gasteiger partial charge on any atom is -0.497 e. The van der Waals surface area contributed by atoms with Gasteiger partial charge in [0, 0.05) is 19.5 Å². The maximum Gasteiger partial charge on any atom is 0.222 e. The van der Waals surface area contributed by atoms with E-state index >= 15 is 0 Å². The highest BCUT2D eigenvalue weighted by molar-refractivity contribution is 5.76. The molecule has 27 heavy (non-hydrogen) atoms. The SMILES string of the molecule is COc1ccc(CCC(=O)N2CCC[C@H](COCc3ccccc3)C2)cc1. The number of carbonyl (C=O) groups is 1. The molecule has 0 N–H and O–H groups in total. The third-order valence-electron chi connectivity index (χ3n) is 5.12. The van der Waals surface area contributed by atoms with Gasteiger partial charge in [0.05, 0.1) is 20.3 Å². The lowest BCUT2D eigenvalue weighted by molar-refractivity contribution is -0.133. The number of methoxy groups -OCH3 is 1. The molecule has 3 rings (SSSR count). The Balaban J connectivity index is 1.40. The molecule has 1 aliphatic heterocycles. The maximum absolute atomic E-state index is 12.6. The minimum absolute atomic E-state index is 0.249. The van der Waals surface area contributed by atoms with Crippen LogP contribution in [-0.4, -0.2) is 37.6 Å². The van der Waals surface area contributed by atoms with Crippen LogP contribution in [0.2, 0.25) is 0 Å². The molecule has 1 saturated heterocycles. The van der Waals surface area contributed by atoms with E-state index in [2.05, 4.69) is 12.1 Å². The van der Waals surface area contributed by atoms with Gasteiger partial charge < -0.3 is 14.4 Å². The van der Waals surface area contributed by atoms with Gasteiger partial charge in [-0.3, -0.25) is 4.79 Å². The summed E-state index contributed by atoms with van der Waals surface area (Å²) < 4.78 is 11.1. The van der Waals surface area contributed by atoms with Crippen LogP contribution >= 0.6 is 0 Å². The first kappa shape index (κ1) is 19.4. The summed E-state index contributed by atoms with van der Waals surface area (Å²) in [5.74, 6) is 1.53. The molecule has 1 heterocycles. The van der Waals surface area contributed by atoms with E-state index in [1.54, 1.807) is 7.11 Å². The number of rotatable bonds is 8. The van der Waals surface area contributed by atoms with E-state index in [0.717, 1.165) is 44.7 Å². The van der Waals surface area contributed by atoms with Gasteiger partial charge in [-0.15, -0.1) is 0 Å². The lowest BCUT2D eigenvalue weighted by atomic mass is 9.98. The van der Waals surface area contributed by atoms with Crippen molar-refractivity contribution < 1.29 is 14.3 Å². The molecule has 1 aliphatic rings. The molecular formula is C23H29NO3. The molecule has 0 bridgehead atoms. The summed E-state index contributed by atoms with van der Waals surface area (Å²) in [4.78, 5) is 14.6. The molecule has 0 aliphatic carbocycles. The third kappa shape index (κ3) is 6.10. The van der Waals surface area contributed by atoms with E-state index in [1.807, 2.05) is 47.4 Å². The number of hydrogen-bond donors (Lipinski definition) is 0. The zero-order valence-corrected chi connectivity index (χ0v) is 16.1. The molecule has 1 atom stereocenters. The fraction of sp³-hybridized carbons (Fsp3) is 0.435. The fourth-order valence-corrected chi connectivity index (χ4v) is 3.55. The van der Waals surface area contributed by atoms with Crippen LogP contribution in [0.1, 0.15) is 30.4 Å². The summed E-state index contributed by atoms with van der Waals surface area (Å²) >= 11 is 0. The van der Waals surface area contributed by atoms with E-state index in [-0.39, 0.29) is 5.91 Å². The average molecular weight is 367 g/mol. The fourth-order valence-electron chi connectivity index (χ4n) is 3.55. The number of amides is 1. The lowest BCUT2D eigenvalue weighted by Gasteiger charge is -2.32. The number of likely N-dealkylation sites (tertiary alicyclic amines) is 1. The second-order valence-corrected chi connectivity index (χ2v) is 7.20. The highest BCUT2D eigenvalue weighted by atomic mass is 16.5. The monoisotopic (exact) mass is 367 g/mol. The maximum atomic E-state index is 12.6. The van der Waals surface area contributed by atoms with Gasteiger partial charge >= 0.3 is 0 Å². The molecule has 1 fully saturated rings. The van der Waals surface area contributed by atoms with Crippen LogP contribution < -0.4 is 4.74 Å². The van der Waals surface area contributed by atoms with Crippen molar-refractivity contribution in [3.05, 3.63) is 65.7 Å². The van der Waals surface area contributed by atoms with Crippen LogP contribution in [0, 0.1) is 5.92 Å². The number of nitrogens with zero attached hydrogens (tertiary/aromatic N) is 1. The van der Waals surface area contributed by atoms with Crippen molar-refractivity contribution >= 4 is 5.91 Å². The van der Waals surface area contributed by atoms with Crippen molar-refractivity contribution in [2.24, 2.45) is 5.92 Å². The van der Waals surface area contributed by atoms with Crippen molar-refractivity contribution in [1.82, 2.24) is 4.90 Å². The summed E-state index contributed by atoms with van der Waals surface area (Å²) in [6.45, 7) is 3.05. The Kier molecular flexibility index (Phi) is 7.28. The van der Waals surface area contributed by atoms with Gasteiger partial charge in [-0.25, -0.2) is 0 Å². The molecule has 2 aromatic carbocycles. The second-order valence-electron chi connectivity index (χ2n) is 7.20. The predicted octanol–water partition coefficient (Wildman–Crippen LogP) is 4.08. The van der Waals surface area contributed by atoms with Gasteiger partial charge in [0.2, 0.25) is 5.91 Å². The van der Waals surface area contributed by atoms with E-state index in [0.29, 0.717) is 18.9 Å². The van der Waals surface area contributed by atoms with Crippen LogP contribution in [-0.2, 0) is 22.6 Å². The summed E-state index contributed by atoms with van der Waals surface area (Å²) in [7, 11) is 1.66. The van der Waals surface area contributed by atoms with Crippen LogP contribution in [0.3, 0.4) is 0 Å². The molecule has 2 aromatic rings. The van der Waals surface area contributed by atoms with Crippen molar-refractivity contribution in [3.63, 3.8) is 0 Å². The number of ether oxygens (including phenoxy) is 2. The standard InChI is InChI=1S/C23H29NO3/c1-26-22-12-9-19(10-13-22)11-14-23(25)24-15-5-8-21(16-24)18-27-17-20-6-3-2-4-7-20/h2-4,6-7,9-10,12-13,21H,5,8,11,14-18H2,1H3/t21-/m0/s1. The molecule has 144 valence electrons. The first-order valence-electron chi connectivity index (χ1n) is 9.77. The Labute approximate surface area is 162 Å². The van der Waals surface area contributed by atoms with Gasteiger partial charge in [0.15, 0.2) is 0 Å². The number of carbonyl (C=O) groups excluding carboxylic acids is 1. The normalized spacial score (nSPS) is 16.9. The molecule has 0 aromatic heterocycles. The number of aryl methyl sites for hydroxylation is 1. The Morgan fingerprint density at radius 2 is 1.85 bits per heavy atom. The van der Waals surface area contributed by atoms with Crippen LogP contribution in [0.5, 0.6) is 5.75 Å². The van der Waals surface area contributed by atoms with E-state index in [4.69, 9.17) is 9.47 Å². The van der Waals surface area contributed by atoms with Gasteiger partial charge in [0.25, 0.3) is 0 Å². The highest BCUT2D eigenvalue weighted by Gasteiger charge is 2.23. The Morgan fingerprint density at radius 3 is 2.59 bits per heavy atom. The number of hydrogen-bond acceptors (Lipinski definition) is 3.